The van der Waals surface area contributed by atoms with Crippen molar-refractivity contribution in [2.45, 2.75) is 0 Å². The molecule has 2 aromatic rings. The molecule has 0 saturated heterocycles. The van der Waals surface area contributed by atoms with Crippen molar-refractivity contribution in [3.8, 4) is 0 Å². The molecular weight excluding hydrogens is 357 g/mol. The number of hydrogen-bond donors (Lipinski definition) is 1. The lowest BCUT2D eigenvalue weighted by Gasteiger charge is -2.08. The molecule has 3 nitrogen and oxygen atoms in total. The maximum Gasteiger partial charge on any atom is 0.259 e. The molecule has 0 unspecified atom stereocenters. The largest absolute Gasteiger partial charge is 0.322 e. The van der Waals surface area contributed by atoms with E-state index in [-0.39, 0.29) is 11.5 Å². The lowest BCUT2D eigenvalue weighted by molar-refractivity contribution is -0.118. The fourth-order valence-electron chi connectivity index (χ4n) is 1.83. The van der Waals surface area contributed by atoms with Crippen molar-refractivity contribution in [3.05, 3.63) is 69.7 Å². The van der Waals surface area contributed by atoms with Crippen molar-refractivity contribution >= 4 is 58.3 Å². The lowest BCUT2D eigenvalue weighted by atomic mass is 10.1. The van der Waals surface area contributed by atoms with E-state index in [4.69, 9.17) is 34.8 Å². The second kappa shape index (κ2) is 8.16. The molecule has 1 amide bonds. The summed E-state index contributed by atoms with van der Waals surface area (Å²) in [4.78, 5) is 24.3. The van der Waals surface area contributed by atoms with Crippen molar-refractivity contribution < 1.29 is 9.59 Å². The first-order chi connectivity index (χ1) is 11.0. The molecule has 2 rings (SSSR count). The van der Waals surface area contributed by atoms with Gasteiger partial charge in [0.05, 0.1) is 21.5 Å². The summed E-state index contributed by atoms with van der Waals surface area (Å²) in [5, 5.41) is 3.38. The van der Waals surface area contributed by atoms with Crippen molar-refractivity contribution in [2.24, 2.45) is 0 Å². The van der Waals surface area contributed by atoms with Gasteiger partial charge in [0.2, 0.25) is 0 Å². The van der Waals surface area contributed by atoms with Crippen LogP contribution in [0.3, 0.4) is 0 Å². The van der Waals surface area contributed by atoms with Crippen LogP contribution < -0.4 is 5.32 Å². The third-order valence-corrected chi connectivity index (χ3v) is 3.93. The zero-order chi connectivity index (χ0) is 16.8. The number of alkyl halides is 1. The molecule has 2 aromatic carbocycles. The Bertz CT molecular complexity index is 758. The minimum absolute atomic E-state index is 0.0535. The van der Waals surface area contributed by atoms with E-state index in [9.17, 15) is 9.59 Å². The van der Waals surface area contributed by atoms with E-state index in [0.717, 1.165) is 0 Å². The highest BCUT2D eigenvalue weighted by Crippen LogP contribution is 2.24. The van der Waals surface area contributed by atoms with Gasteiger partial charge in [-0.1, -0.05) is 47.5 Å². The Morgan fingerprint density at radius 3 is 2.30 bits per heavy atom. The highest BCUT2D eigenvalue weighted by molar-refractivity contribution is 6.42. The third-order valence-electron chi connectivity index (χ3n) is 2.95. The van der Waals surface area contributed by atoms with Gasteiger partial charge in [0.25, 0.3) is 5.91 Å². The molecule has 0 heterocycles. The lowest BCUT2D eigenvalue weighted by Crippen LogP contribution is -2.21. The van der Waals surface area contributed by atoms with Crippen LogP contribution in [0.2, 0.25) is 10.0 Å². The molecule has 0 fully saturated rings. The summed E-state index contributed by atoms with van der Waals surface area (Å²) < 4.78 is 0. The van der Waals surface area contributed by atoms with Gasteiger partial charge in [-0.2, -0.15) is 0 Å². The summed E-state index contributed by atoms with van der Waals surface area (Å²) in [6, 6.07) is 13.6. The van der Waals surface area contributed by atoms with E-state index in [2.05, 4.69) is 5.32 Å². The first-order valence-electron chi connectivity index (χ1n) is 6.63. The van der Waals surface area contributed by atoms with Gasteiger partial charge >= 0.3 is 0 Å². The molecule has 23 heavy (non-hydrogen) atoms. The predicted molar refractivity (Wildman–Crippen MR) is 95.2 cm³/mol. The van der Waals surface area contributed by atoms with Crippen molar-refractivity contribution in [3.63, 3.8) is 0 Å². The van der Waals surface area contributed by atoms with Crippen LogP contribution in [0.1, 0.15) is 5.56 Å². The van der Waals surface area contributed by atoms with Crippen molar-refractivity contribution in [2.75, 3.05) is 11.2 Å². The molecule has 0 aliphatic carbocycles. The first kappa shape index (κ1) is 17.5. The maximum atomic E-state index is 12.4. The van der Waals surface area contributed by atoms with Gasteiger partial charge in [-0.3, -0.25) is 9.59 Å². The quantitative estimate of drug-likeness (QED) is 0.356. The van der Waals surface area contributed by atoms with E-state index < -0.39 is 11.7 Å². The van der Waals surface area contributed by atoms with Gasteiger partial charge in [-0.05, 0) is 35.9 Å². The van der Waals surface area contributed by atoms with Crippen molar-refractivity contribution in [1.29, 1.82) is 0 Å². The molecule has 0 radical (unpaired) electrons. The number of nitrogens with one attached hydrogen (secondary N) is 1. The molecule has 0 spiro atoms. The number of rotatable bonds is 5. The Morgan fingerprint density at radius 2 is 1.70 bits per heavy atom. The van der Waals surface area contributed by atoms with E-state index in [1.165, 1.54) is 6.08 Å². The highest BCUT2D eigenvalue weighted by atomic mass is 35.5. The number of carbonyl (C=O) groups excluding carboxylic acids is 2. The maximum absolute atomic E-state index is 12.4. The minimum Gasteiger partial charge on any atom is -0.322 e. The number of para-hydroxylation sites is 1. The van der Waals surface area contributed by atoms with E-state index in [1.807, 2.05) is 6.07 Å². The Kier molecular flexibility index (Phi) is 6.22. The Labute approximate surface area is 148 Å². The Morgan fingerprint density at radius 1 is 1.00 bits per heavy atom. The number of Topliss-reactive ketones (excluding diaryl/α,β-unsaturated/α-hetero) is 1. The smallest absolute Gasteiger partial charge is 0.259 e. The zero-order valence-corrected chi connectivity index (χ0v) is 14.1. The van der Waals surface area contributed by atoms with Crippen LogP contribution in [-0.2, 0) is 9.59 Å². The van der Waals surface area contributed by atoms with Gasteiger partial charge < -0.3 is 5.32 Å². The van der Waals surface area contributed by atoms with Crippen LogP contribution in [0.25, 0.3) is 6.08 Å². The van der Waals surface area contributed by atoms with Gasteiger partial charge in [0.15, 0.2) is 5.78 Å². The molecule has 0 aliphatic rings. The van der Waals surface area contributed by atoms with E-state index in [1.54, 1.807) is 42.5 Å². The fourth-order valence-corrected chi connectivity index (χ4v) is 2.28. The SMILES string of the molecule is O=C(CCl)/C(=C/c1ccc(Cl)c(Cl)c1)C(=O)Nc1ccccc1. The number of carbonyl (C=O) groups is 2. The number of halogens is 3. The summed E-state index contributed by atoms with van der Waals surface area (Å²) in [6.07, 6.45) is 1.44. The molecule has 0 aromatic heterocycles. The summed E-state index contributed by atoms with van der Waals surface area (Å²) in [6.45, 7) is 0. The topological polar surface area (TPSA) is 46.2 Å². The zero-order valence-electron chi connectivity index (χ0n) is 11.9. The highest BCUT2D eigenvalue weighted by Gasteiger charge is 2.17. The molecule has 1 N–H and O–H groups in total. The van der Waals surface area contributed by atoms with Gasteiger partial charge in [0.1, 0.15) is 0 Å². The Balaban J connectivity index is 2.32. The molecule has 0 aliphatic heterocycles. The number of benzene rings is 2. The number of hydrogen-bond acceptors (Lipinski definition) is 2. The third kappa shape index (κ3) is 4.83. The monoisotopic (exact) mass is 367 g/mol. The molecule has 118 valence electrons. The summed E-state index contributed by atoms with van der Waals surface area (Å²) in [5.74, 6) is -1.31. The molecular formula is C17H12Cl3NO2. The van der Waals surface area contributed by atoms with Crippen molar-refractivity contribution in [1.82, 2.24) is 0 Å². The Hall–Kier alpha value is -1.81. The number of amides is 1. The minimum atomic E-state index is -0.534. The van der Waals surface area contributed by atoms with Crippen LogP contribution >= 0.6 is 34.8 Å². The molecule has 0 atom stereocenters. The van der Waals surface area contributed by atoms with E-state index in [0.29, 0.717) is 21.3 Å². The van der Waals surface area contributed by atoms with Crippen LogP contribution in [-0.4, -0.2) is 17.6 Å². The standard InChI is InChI=1S/C17H12Cl3NO2/c18-10-16(22)13(8-11-6-7-14(19)15(20)9-11)17(23)21-12-4-2-1-3-5-12/h1-9H,10H2,(H,21,23)/b13-8-. The average Bonchev–Trinajstić information content (AvgIpc) is 2.56. The molecule has 0 bridgehead atoms. The number of anilines is 1. The van der Waals surface area contributed by atoms with E-state index >= 15 is 0 Å². The summed E-state index contributed by atoms with van der Waals surface area (Å²) in [7, 11) is 0. The number of ketones is 1. The van der Waals surface area contributed by atoms with Crippen LogP contribution in [0.15, 0.2) is 54.1 Å². The van der Waals surface area contributed by atoms with Gasteiger partial charge in [-0.15, -0.1) is 11.6 Å². The normalized spacial score (nSPS) is 11.2. The van der Waals surface area contributed by atoms with Crippen LogP contribution in [0.4, 0.5) is 5.69 Å². The fraction of sp³-hybridized carbons (Fsp3) is 0.0588. The van der Waals surface area contributed by atoms with Crippen LogP contribution in [0, 0.1) is 0 Å². The van der Waals surface area contributed by atoms with Crippen LogP contribution in [0.5, 0.6) is 0 Å². The summed E-state index contributed by atoms with van der Waals surface area (Å²) in [5.41, 5.74) is 1.11. The van der Waals surface area contributed by atoms with Gasteiger partial charge in [-0.25, -0.2) is 0 Å². The molecule has 0 saturated carbocycles. The second-order valence-corrected chi connectivity index (χ2v) is 5.69. The first-order valence-corrected chi connectivity index (χ1v) is 7.92. The van der Waals surface area contributed by atoms with Gasteiger partial charge in [0, 0.05) is 5.69 Å². The predicted octanol–water partition coefficient (Wildman–Crippen LogP) is 4.82. The second-order valence-electron chi connectivity index (χ2n) is 4.61. The average molecular weight is 369 g/mol. The summed E-state index contributed by atoms with van der Waals surface area (Å²) >= 11 is 17.4. The molecule has 6 heteroatoms.